The van der Waals surface area contributed by atoms with Crippen molar-refractivity contribution in [3.63, 3.8) is 0 Å². The number of benzene rings is 1. The van der Waals surface area contributed by atoms with Crippen LogP contribution in [0.2, 0.25) is 0 Å². The van der Waals surface area contributed by atoms with Crippen molar-refractivity contribution in [1.82, 2.24) is 0 Å². The third-order valence-corrected chi connectivity index (χ3v) is 2.44. The molecule has 0 amide bonds. The molecule has 0 saturated heterocycles. The molecule has 0 aliphatic rings. The number of aliphatic carboxylic acids is 1. The summed E-state index contributed by atoms with van der Waals surface area (Å²) in [6, 6.07) is 1.83. The van der Waals surface area contributed by atoms with Gasteiger partial charge in [0.2, 0.25) is 0 Å². The predicted molar refractivity (Wildman–Crippen MR) is 57.5 cm³/mol. The Bertz CT molecular complexity index is 475. The van der Waals surface area contributed by atoms with E-state index < -0.39 is 27.7 Å². The first-order valence-electron chi connectivity index (χ1n) is 4.30. The van der Waals surface area contributed by atoms with Crippen LogP contribution in [0, 0.1) is 10.1 Å². The molecule has 0 radical (unpaired) electrons. The molecule has 0 aliphatic heterocycles. The number of hydrogen-bond acceptors (Lipinski definition) is 5. The van der Waals surface area contributed by atoms with Crippen molar-refractivity contribution in [2.45, 2.75) is 5.38 Å². The average Bonchev–Trinajstić information content (AvgIpc) is 2.27. The number of carboxylic acids is 1. The lowest BCUT2D eigenvalue weighted by atomic mass is 10.1. The molecule has 8 heteroatoms. The highest BCUT2D eigenvalue weighted by Gasteiger charge is 2.28. The number of nitro groups is 1. The van der Waals surface area contributed by atoms with Gasteiger partial charge in [0.05, 0.1) is 23.7 Å². The lowest BCUT2D eigenvalue weighted by molar-refractivity contribution is -0.385. The van der Waals surface area contributed by atoms with Crippen LogP contribution in [0.4, 0.5) is 5.69 Å². The Kier molecular flexibility index (Phi) is 3.74. The van der Waals surface area contributed by atoms with Gasteiger partial charge in [-0.25, -0.2) is 0 Å². The number of ether oxygens (including phenoxy) is 1. The second-order valence-electron chi connectivity index (χ2n) is 3.04. The maximum atomic E-state index is 10.7. The van der Waals surface area contributed by atoms with E-state index in [0.29, 0.717) is 0 Å². The van der Waals surface area contributed by atoms with Crippen LogP contribution < -0.4 is 4.74 Å². The molecule has 1 unspecified atom stereocenters. The van der Waals surface area contributed by atoms with Gasteiger partial charge in [0.25, 0.3) is 5.69 Å². The van der Waals surface area contributed by atoms with Gasteiger partial charge in [-0.2, -0.15) is 0 Å². The van der Waals surface area contributed by atoms with Crippen molar-refractivity contribution in [3.8, 4) is 11.5 Å². The molecule has 2 N–H and O–H groups in total. The summed E-state index contributed by atoms with van der Waals surface area (Å²) in [4.78, 5) is 20.6. The fourth-order valence-electron chi connectivity index (χ4n) is 1.23. The molecule has 0 bridgehead atoms. The van der Waals surface area contributed by atoms with Crippen LogP contribution in [-0.4, -0.2) is 28.2 Å². The minimum Gasteiger partial charge on any atom is -0.504 e. The monoisotopic (exact) mass is 261 g/mol. The van der Waals surface area contributed by atoms with Gasteiger partial charge >= 0.3 is 5.97 Å². The van der Waals surface area contributed by atoms with E-state index in [1.807, 2.05) is 0 Å². The third-order valence-electron chi connectivity index (χ3n) is 2.01. The largest absolute Gasteiger partial charge is 0.504 e. The number of hydrogen-bond donors (Lipinski definition) is 2. The minimum absolute atomic E-state index is 0.130. The maximum absolute atomic E-state index is 10.7. The van der Waals surface area contributed by atoms with Crippen molar-refractivity contribution in [2.24, 2.45) is 0 Å². The second-order valence-corrected chi connectivity index (χ2v) is 3.48. The number of methoxy groups -OCH3 is 1. The summed E-state index contributed by atoms with van der Waals surface area (Å²) in [6.07, 6.45) is 0. The minimum atomic E-state index is -1.62. The van der Waals surface area contributed by atoms with Crippen LogP contribution in [-0.2, 0) is 4.79 Å². The van der Waals surface area contributed by atoms with E-state index in [1.54, 1.807) is 0 Å². The number of rotatable bonds is 4. The molecule has 7 nitrogen and oxygen atoms in total. The number of carboxylic acid groups (broad SMARTS) is 1. The van der Waals surface area contributed by atoms with Gasteiger partial charge in [0.15, 0.2) is 16.9 Å². The predicted octanol–water partition coefficient (Wildman–Crippen LogP) is 1.67. The molecule has 0 spiro atoms. The van der Waals surface area contributed by atoms with Crippen LogP contribution in [0.25, 0.3) is 0 Å². The van der Waals surface area contributed by atoms with E-state index in [-0.39, 0.29) is 11.3 Å². The number of nitrogens with zero attached hydrogens (tertiary/aromatic N) is 1. The maximum Gasteiger partial charge on any atom is 0.326 e. The molecule has 0 saturated carbocycles. The van der Waals surface area contributed by atoms with E-state index >= 15 is 0 Å². The average molecular weight is 262 g/mol. The van der Waals surface area contributed by atoms with E-state index in [9.17, 15) is 20.0 Å². The fraction of sp³-hybridized carbons (Fsp3) is 0.222. The first-order valence-corrected chi connectivity index (χ1v) is 4.74. The molecule has 1 atom stereocenters. The van der Waals surface area contributed by atoms with Gasteiger partial charge in [0.1, 0.15) is 0 Å². The molecular weight excluding hydrogens is 254 g/mol. The lowest BCUT2D eigenvalue weighted by Gasteiger charge is -2.09. The second kappa shape index (κ2) is 4.88. The Morgan fingerprint density at radius 3 is 2.59 bits per heavy atom. The number of nitro benzene ring substituents is 1. The van der Waals surface area contributed by atoms with Crippen LogP contribution in [0.3, 0.4) is 0 Å². The lowest BCUT2D eigenvalue weighted by Crippen LogP contribution is -2.08. The summed E-state index contributed by atoms with van der Waals surface area (Å²) in [6.45, 7) is 0. The molecule has 1 aromatic rings. The van der Waals surface area contributed by atoms with Gasteiger partial charge in [-0.1, -0.05) is 0 Å². The van der Waals surface area contributed by atoms with Gasteiger partial charge in [-0.15, -0.1) is 11.6 Å². The zero-order chi connectivity index (χ0) is 13.2. The van der Waals surface area contributed by atoms with E-state index in [4.69, 9.17) is 16.7 Å². The van der Waals surface area contributed by atoms with Crippen molar-refractivity contribution >= 4 is 23.3 Å². The van der Waals surface area contributed by atoms with Crippen LogP contribution in [0.1, 0.15) is 10.9 Å². The zero-order valence-electron chi connectivity index (χ0n) is 8.58. The normalized spacial score (nSPS) is 11.9. The van der Waals surface area contributed by atoms with Crippen LogP contribution in [0.15, 0.2) is 12.1 Å². The smallest absolute Gasteiger partial charge is 0.326 e. The number of halogens is 1. The summed E-state index contributed by atoms with van der Waals surface area (Å²) in [7, 11) is 1.22. The number of carbonyl (C=O) groups is 1. The standard InChI is InChI=1S/C9H8ClNO6/c1-17-7-3-5(11(15)16)4(2-6(7)12)8(10)9(13)14/h2-3,8,12H,1H3,(H,13,14). The van der Waals surface area contributed by atoms with E-state index in [0.717, 1.165) is 12.1 Å². The molecule has 1 aromatic carbocycles. The summed E-state index contributed by atoms with van der Waals surface area (Å²) >= 11 is 5.50. The number of alkyl halides is 1. The summed E-state index contributed by atoms with van der Waals surface area (Å²) in [5.41, 5.74) is -0.829. The highest BCUT2D eigenvalue weighted by molar-refractivity contribution is 6.30. The zero-order valence-corrected chi connectivity index (χ0v) is 9.34. The number of phenolic OH excluding ortho intramolecular Hbond substituents is 1. The van der Waals surface area contributed by atoms with Gasteiger partial charge in [0, 0.05) is 0 Å². The molecule has 1 rings (SSSR count). The Morgan fingerprint density at radius 1 is 1.59 bits per heavy atom. The Morgan fingerprint density at radius 2 is 2.18 bits per heavy atom. The topological polar surface area (TPSA) is 110 Å². The van der Waals surface area contributed by atoms with E-state index in [2.05, 4.69) is 4.74 Å². The Hall–Kier alpha value is -2.02. The van der Waals surface area contributed by atoms with Gasteiger partial charge < -0.3 is 14.9 Å². The molecule has 17 heavy (non-hydrogen) atoms. The summed E-state index contributed by atoms with van der Waals surface area (Å²) in [5, 5.41) is 27.2. The fourth-order valence-corrected chi connectivity index (χ4v) is 1.41. The van der Waals surface area contributed by atoms with Gasteiger partial charge in [-0.3, -0.25) is 14.9 Å². The first kappa shape index (κ1) is 13.0. The van der Waals surface area contributed by atoms with Crippen LogP contribution in [0.5, 0.6) is 11.5 Å². The SMILES string of the molecule is COc1cc([N+](=O)[O-])c(C(Cl)C(=O)O)cc1O. The Balaban J connectivity index is 3.42. The van der Waals surface area contributed by atoms with Gasteiger partial charge in [-0.05, 0) is 6.07 Å². The summed E-state index contributed by atoms with van der Waals surface area (Å²) < 4.78 is 4.69. The molecule has 92 valence electrons. The first-order chi connectivity index (χ1) is 7.88. The quantitative estimate of drug-likeness (QED) is 0.485. The molecule has 0 aliphatic carbocycles. The van der Waals surface area contributed by atoms with Crippen molar-refractivity contribution < 1.29 is 24.7 Å². The third kappa shape index (κ3) is 2.56. The number of aromatic hydroxyl groups is 1. The van der Waals surface area contributed by atoms with Crippen LogP contribution >= 0.6 is 11.6 Å². The highest BCUT2D eigenvalue weighted by atomic mass is 35.5. The Labute approximate surface area is 100 Å². The van der Waals surface area contributed by atoms with E-state index in [1.165, 1.54) is 7.11 Å². The van der Waals surface area contributed by atoms with Crippen molar-refractivity contribution in [2.75, 3.05) is 7.11 Å². The van der Waals surface area contributed by atoms with Crippen molar-refractivity contribution in [3.05, 3.63) is 27.8 Å². The van der Waals surface area contributed by atoms with Crippen molar-refractivity contribution in [1.29, 1.82) is 0 Å². The number of phenols is 1. The molecular formula is C9H8ClNO6. The molecule has 0 fully saturated rings. The highest BCUT2D eigenvalue weighted by Crippen LogP contribution is 2.38. The molecule has 0 aromatic heterocycles. The molecule has 0 heterocycles. The summed E-state index contributed by atoms with van der Waals surface area (Å²) in [5.74, 6) is -1.99.